The molecule has 2 aliphatic rings. The van der Waals surface area contributed by atoms with Crippen LogP contribution in [-0.4, -0.2) is 39.2 Å². The van der Waals surface area contributed by atoms with E-state index in [9.17, 15) is 15.2 Å². The number of aryl methyl sites for hydroxylation is 2. The third-order valence-electron chi connectivity index (χ3n) is 5.71. The van der Waals surface area contributed by atoms with Crippen molar-refractivity contribution in [2.24, 2.45) is 15.2 Å². The number of aliphatic hydroxyl groups is 1. The number of aliphatic hydroxyl groups excluding tert-OH is 1. The van der Waals surface area contributed by atoms with E-state index in [0.717, 1.165) is 33.7 Å². The number of benzene rings is 2. The van der Waals surface area contributed by atoms with Gasteiger partial charge in [-0.3, -0.25) is 20.1 Å². The van der Waals surface area contributed by atoms with Crippen LogP contribution in [0.25, 0.3) is 5.70 Å². The van der Waals surface area contributed by atoms with E-state index >= 15 is 0 Å². The minimum atomic E-state index is -1.01. The number of fused-ring (bicyclic) bond motifs is 1. The van der Waals surface area contributed by atoms with Crippen molar-refractivity contribution in [1.82, 2.24) is 10.4 Å². The summed E-state index contributed by atoms with van der Waals surface area (Å²) in [5.74, 6) is 0. The van der Waals surface area contributed by atoms with Gasteiger partial charge < -0.3 is 5.11 Å². The lowest BCUT2D eigenvalue weighted by atomic mass is 10.00. The van der Waals surface area contributed by atoms with Crippen LogP contribution in [0.4, 0.5) is 10.7 Å². The standard InChI is InChI=1S/C24H22N6O3S/c1-14-8-9-17(15(2)12-14)19-13-18(20-10-11-21(34-20)30(32)33)25-23-22(24(31)28-29(19)23)27-26-16-6-4-3-5-7-16/h3-13,22-24,28,31H,1-2H3. The maximum atomic E-state index is 11.2. The quantitative estimate of drug-likeness (QED) is 0.315. The molecule has 0 aliphatic carbocycles. The Kier molecular flexibility index (Phi) is 5.78. The zero-order valence-electron chi connectivity index (χ0n) is 18.5. The van der Waals surface area contributed by atoms with Crippen LogP contribution in [-0.2, 0) is 0 Å². The Labute approximate surface area is 199 Å². The van der Waals surface area contributed by atoms with Crippen molar-refractivity contribution in [3.63, 3.8) is 0 Å². The molecule has 0 amide bonds. The second-order valence-electron chi connectivity index (χ2n) is 8.16. The van der Waals surface area contributed by atoms with Gasteiger partial charge in [-0.05, 0) is 43.7 Å². The number of aliphatic imine (C=N–C) groups is 1. The summed E-state index contributed by atoms with van der Waals surface area (Å²) in [5, 5.41) is 32.6. The van der Waals surface area contributed by atoms with Gasteiger partial charge in [0.25, 0.3) is 0 Å². The molecule has 10 heteroatoms. The molecule has 0 radical (unpaired) electrons. The number of hydrogen-bond donors (Lipinski definition) is 2. The number of nitrogens with one attached hydrogen (secondary N) is 1. The highest BCUT2D eigenvalue weighted by atomic mass is 32.1. The van der Waals surface area contributed by atoms with E-state index in [1.54, 1.807) is 6.07 Å². The molecule has 5 rings (SSSR count). The maximum absolute atomic E-state index is 11.2. The molecule has 1 aromatic heterocycles. The van der Waals surface area contributed by atoms with Gasteiger partial charge >= 0.3 is 5.00 Å². The van der Waals surface area contributed by atoms with Crippen LogP contribution in [0.2, 0.25) is 0 Å². The molecule has 3 heterocycles. The molecular formula is C24H22N6O3S. The van der Waals surface area contributed by atoms with Gasteiger partial charge in [-0.25, -0.2) is 5.43 Å². The normalized spacial score (nSPS) is 22.0. The molecule has 2 N–H and O–H groups in total. The first-order valence-electron chi connectivity index (χ1n) is 10.7. The van der Waals surface area contributed by atoms with E-state index in [0.29, 0.717) is 16.3 Å². The summed E-state index contributed by atoms with van der Waals surface area (Å²) in [6.45, 7) is 4.06. The molecule has 34 heavy (non-hydrogen) atoms. The van der Waals surface area contributed by atoms with Crippen LogP contribution in [0.5, 0.6) is 0 Å². The van der Waals surface area contributed by atoms with Crippen molar-refractivity contribution in [3.8, 4) is 0 Å². The molecule has 0 spiro atoms. The fourth-order valence-corrected chi connectivity index (χ4v) is 4.88. The van der Waals surface area contributed by atoms with Crippen LogP contribution < -0.4 is 5.43 Å². The molecule has 1 saturated heterocycles. The molecule has 3 aromatic rings. The third-order valence-corrected chi connectivity index (χ3v) is 6.77. The Morgan fingerprint density at radius 1 is 1.15 bits per heavy atom. The SMILES string of the molecule is Cc1ccc(C2=CC(c3ccc([N+](=O)[O-])s3)=NC3C(N=Nc4ccccc4)C(O)NN23)c(C)c1. The molecule has 1 fully saturated rings. The molecule has 3 atom stereocenters. The van der Waals surface area contributed by atoms with E-state index in [1.807, 2.05) is 67.4 Å². The summed E-state index contributed by atoms with van der Waals surface area (Å²) < 4.78 is 0. The number of nitro groups is 1. The number of allylic oxidation sites excluding steroid dienone is 1. The molecule has 2 aromatic carbocycles. The summed E-state index contributed by atoms with van der Waals surface area (Å²) in [5.41, 5.74) is 8.33. The van der Waals surface area contributed by atoms with Crippen LogP contribution in [0.1, 0.15) is 21.6 Å². The topological polar surface area (TPSA) is 116 Å². The van der Waals surface area contributed by atoms with Gasteiger partial charge in [-0.2, -0.15) is 10.2 Å². The number of hydrogen-bond acceptors (Lipinski definition) is 9. The van der Waals surface area contributed by atoms with Gasteiger partial charge in [0.05, 0.1) is 26.9 Å². The van der Waals surface area contributed by atoms with Crippen LogP contribution in [0.15, 0.2) is 82.0 Å². The lowest BCUT2D eigenvalue weighted by molar-refractivity contribution is -0.380. The fraction of sp³-hybridized carbons (Fsp3) is 0.208. The smallest absolute Gasteiger partial charge is 0.324 e. The number of nitrogens with zero attached hydrogens (tertiary/aromatic N) is 5. The molecule has 3 unspecified atom stereocenters. The highest BCUT2D eigenvalue weighted by Gasteiger charge is 2.45. The predicted molar refractivity (Wildman–Crippen MR) is 131 cm³/mol. The second kappa shape index (κ2) is 8.90. The van der Waals surface area contributed by atoms with E-state index < -0.39 is 23.4 Å². The van der Waals surface area contributed by atoms with E-state index in [1.165, 1.54) is 6.07 Å². The average Bonchev–Trinajstić information content (AvgIpc) is 3.43. The molecule has 0 saturated carbocycles. The van der Waals surface area contributed by atoms with Gasteiger partial charge in [-0.1, -0.05) is 53.3 Å². The monoisotopic (exact) mass is 474 g/mol. The van der Waals surface area contributed by atoms with Crippen molar-refractivity contribution in [2.75, 3.05) is 0 Å². The molecule has 9 nitrogen and oxygen atoms in total. The first-order valence-corrected chi connectivity index (χ1v) is 11.5. The lowest BCUT2D eigenvalue weighted by Gasteiger charge is -2.31. The number of azo groups is 1. The van der Waals surface area contributed by atoms with Crippen molar-refractivity contribution in [2.45, 2.75) is 32.3 Å². The lowest BCUT2D eigenvalue weighted by Crippen LogP contribution is -2.40. The Hall–Kier alpha value is -3.73. The van der Waals surface area contributed by atoms with E-state index in [4.69, 9.17) is 4.99 Å². The summed E-state index contributed by atoms with van der Waals surface area (Å²) >= 11 is 1.07. The maximum Gasteiger partial charge on any atom is 0.324 e. The van der Waals surface area contributed by atoms with Gasteiger partial charge in [0.2, 0.25) is 0 Å². The van der Waals surface area contributed by atoms with Gasteiger partial charge in [0.1, 0.15) is 6.23 Å². The predicted octanol–water partition coefficient (Wildman–Crippen LogP) is 4.73. The Bertz CT molecular complexity index is 1330. The van der Waals surface area contributed by atoms with Crippen molar-refractivity contribution in [3.05, 3.63) is 98.4 Å². The Morgan fingerprint density at radius 3 is 2.65 bits per heavy atom. The molecule has 0 bridgehead atoms. The number of rotatable bonds is 5. The first kappa shape index (κ1) is 22.1. The van der Waals surface area contributed by atoms with Gasteiger partial charge in [-0.15, -0.1) is 0 Å². The van der Waals surface area contributed by atoms with E-state index in [2.05, 4.69) is 21.7 Å². The Balaban J connectivity index is 1.58. The highest BCUT2D eigenvalue weighted by molar-refractivity contribution is 7.17. The zero-order valence-corrected chi connectivity index (χ0v) is 19.3. The molecule has 172 valence electrons. The first-order chi connectivity index (χ1) is 16.4. The number of hydrazine groups is 1. The Morgan fingerprint density at radius 2 is 1.94 bits per heavy atom. The molecule has 2 aliphatic heterocycles. The van der Waals surface area contributed by atoms with Crippen molar-refractivity contribution in [1.29, 1.82) is 0 Å². The van der Waals surface area contributed by atoms with Crippen LogP contribution in [0, 0.1) is 24.0 Å². The van der Waals surface area contributed by atoms with Gasteiger partial charge in [0.15, 0.2) is 12.2 Å². The zero-order chi connectivity index (χ0) is 23.8. The van der Waals surface area contributed by atoms with E-state index in [-0.39, 0.29) is 5.00 Å². The minimum Gasteiger partial charge on any atom is -0.374 e. The van der Waals surface area contributed by atoms with Crippen molar-refractivity contribution < 1.29 is 10.0 Å². The fourth-order valence-electron chi connectivity index (χ4n) is 4.09. The second-order valence-corrected chi connectivity index (χ2v) is 9.22. The summed E-state index contributed by atoms with van der Waals surface area (Å²) in [6.07, 6.45) is 0.298. The van der Waals surface area contributed by atoms with Crippen LogP contribution in [0.3, 0.4) is 0 Å². The minimum absolute atomic E-state index is 0.0477. The van der Waals surface area contributed by atoms with Crippen LogP contribution >= 0.6 is 11.3 Å². The summed E-state index contributed by atoms with van der Waals surface area (Å²) in [4.78, 5) is 16.3. The average molecular weight is 475 g/mol. The largest absolute Gasteiger partial charge is 0.374 e. The molecular weight excluding hydrogens is 452 g/mol. The highest BCUT2D eigenvalue weighted by Crippen LogP contribution is 2.36. The van der Waals surface area contributed by atoms with Gasteiger partial charge in [0, 0.05) is 11.6 Å². The van der Waals surface area contributed by atoms with Crippen molar-refractivity contribution >= 4 is 33.4 Å². The summed E-state index contributed by atoms with van der Waals surface area (Å²) in [6, 6.07) is 17.9. The number of thiophene rings is 1. The summed E-state index contributed by atoms with van der Waals surface area (Å²) in [7, 11) is 0. The third kappa shape index (κ3) is 4.14.